The first kappa shape index (κ1) is 19.8. The highest BCUT2D eigenvalue weighted by atomic mass is 19.4. The van der Waals surface area contributed by atoms with Crippen LogP contribution in [0.4, 0.5) is 18.9 Å². The third-order valence-corrected chi connectivity index (χ3v) is 3.23. The molecule has 0 aliphatic carbocycles. The number of carboxylic acids is 1. The van der Waals surface area contributed by atoms with E-state index in [4.69, 9.17) is 9.84 Å². The predicted octanol–water partition coefficient (Wildman–Crippen LogP) is 4.09. The largest absolute Gasteiger partial charge is 0.489 e. The predicted molar refractivity (Wildman–Crippen MR) is 82.2 cm³/mol. The van der Waals surface area contributed by atoms with Gasteiger partial charge < -0.3 is 15.2 Å². The molecule has 1 rings (SSSR count). The lowest BCUT2D eigenvalue weighted by molar-refractivity contribution is -0.213. The molecule has 0 heterocycles. The molecule has 0 atom stereocenters. The van der Waals surface area contributed by atoms with Gasteiger partial charge in [-0.25, -0.2) is 4.79 Å². The third-order valence-electron chi connectivity index (χ3n) is 3.23. The van der Waals surface area contributed by atoms with Gasteiger partial charge in [0.15, 0.2) is 0 Å². The first-order valence-electron chi connectivity index (χ1n) is 7.24. The molecule has 134 valence electrons. The Hall–Kier alpha value is -2.25. The van der Waals surface area contributed by atoms with Gasteiger partial charge in [-0.3, -0.25) is 4.79 Å². The fraction of sp³-hybridized carbons (Fsp3) is 0.500. The van der Waals surface area contributed by atoms with Gasteiger partial charge in [0.1, 0.15) is 5.75 Å². The molecule has 1 aromatic carbocycles. The van der Waals surface area contributed by atoms with Gasteiger partial charge in [-0.2, -0.15) is 13.2 Å². The van der Waals surface area contributed by atoms with Crippen molar-refractivity contribution in [1.82, 2.24) is 0 Å². The molecule has 0 aliphatic heterocycles. The summed E-state index contributed by atoms with van der Waals surface area (Å²) in [5.74, 6) is -1.92. The number of nitrogens with one attached hydrogen (secondary N) is 1. The van der Waals surface area contributed by atoms with Crippen LogP contribution in [0.3, 0.4) is 0 Å². The number of carbonyl (C=O) groups excluding carboxylic acids is 1. The Morgan fingerprint density at radius 3 is 2.29 bits per heavy atom. The van der Waals surface area contributed by atoms with Crippen molar-refractivity contribution in [3.63, 3.8) is 0 Å². The number of hydrogen-bond acceptors (Lipinski definition) is 3. The second-order valence-electron chi connectivity index (χ2n) is 6.29. The van der Waals surface area contributed by atoms with Gasteiger partial charge >= 0.3 is 12.1 Å². The van der Waals surface area contributed by atoms with E-state index in [1.807, 2.05) is 0 Å². The number of hydrogen-bond donors (Lipinski definition) is 2. The zero-order valence-electron chi connectivity index (χ0n) is 13.8. The zero-order valence-corrected chi connectivity index (χ0v) is 13.8. The zero-order chi connectivity index (χ0) is 18.7. The summed E-state index contributed by atoms with van der Waals surface area (Å²) in [6.45, 7) is 5.30. The topological polar surface area (TPSA) is 75.6 Å². The Labute approximate surface area is 137 Å². The lowest BCUT2D eigenvalue weighted by Crippen LogP contribution is -2.36. The van der Waals surface area contributed by atoms with E-state index in [0.29, 0.717) is 0 Å². The van der Waals surface area contributed by atoms with Crippen LogP contribution in [0.15, 0.2) is 18.2 Å². The fourth-order valence-corrected chi connectivity index (χ4v) is 1.81. The van der Waals surface area contributed by atoms with Gasteiger partial charge in [-0.1, -0.05) is 13.8 Å². The van der Waals surface area contributed by atoms with E-state index in [1.165, 1.54) is 12.1 Å². The summed E-state index contributed by atoms with van der Waals surface area (Å²) in [6, 6.07) is 3.79. The van der Waals surface area contributed by atoms with E-state index in [-0.39, 0.29) is 23.1 Å². The molecule has 0 bridgehead atoms. The van der Waals surface area contributed by atoms with E-state index >= 15 is 0 Å². The fourth-order valence-electron chi connectivity index (χ4n) is 1.81. The van der Waals surface area contributed by atoms with Crippen LogP contribution >= 0.6 is 0 Å². The van der Waals surface area contributed by atoms with Crippen molar-refractivity contribution in [2.75, 3.05) is 5.32 Å². The monoisotopic (exact) mass is 347 g/mol. The summed E-state index contributed by atoms with van der Waals surface area (Å²) in [6.07, 6.45) is -5.60. The van der Waals surface area contributed by atoms with Crippen LogP contribution in [0.25, 0.3) is 0 Å². The Bertz CT molecular complexity index is 624. The molecular formula is C16H20F3NO4. The molecule has 1 aromatic rings. The summed E-state index contributed by atoms with van der Waals surface area (Å²) in [5.41, 5.74) is -2.30. The molecule has 0 saturated heterocycles. The molecule has 2 N–H and O–H groups in total. The van der Waals surface area contributed by atoms with Crippen molar-refractivity contribution in [3.8, 4) is 5.75 Å². The first-order valence-corrected chi connectivity index (χ1v) is 7.24. The van der Waals surface area contributed by atoms with E-state index in [1.54, 1.807) is 13.8 Å². The van der Waals surface area contributed by atoms with Crippen LogP contribution in [0.1, 0.15) is 44.5 Å². The number of aromatic carboxylic acids is 1. The van der Waals surface area contributed by atoms with Crippen LogP contribution < -0.4 is 10.1 Å². The number of anilines is 1. The molecule has 0 aliphatic rings. The number of carbonyl (C=O) groups is 2. The molecule has 24 heavy (non-hydrogen) atoms. The van der Waals surface area contributed by atoms with E-state index in [2.05, 4.69) is 5.32 Å². The summed E-state index contributed by atoms with van der Waals surface area (Å²) in [4.78, 5) is 23.0. The molecule has 0 unspecified atom stereocenters. The van der Waals surface area contributed by atoms with E-state index < -0.39 is 29.9 Å². The number of alkyl halides is 3. The number of rotatable bonds is 6. The van der Waals surface area contributed by atoms with Gasteiger partial charge in [0.25, 0.3) is 0 Å². The normalized spacial score (nSPS) is 12.2. The highest BCUT2D eigenvalue weighted by molar-refractivity contribution is 5.95. The molecule has 5 nitrogen and oxygen atoms in total. The number of ether oxygens (including phenoxy) is 1. The highest BCUT2D eigenvalue weighted by Gasteiger charge is 2.48. The van der Waals surface area contributed by atoms with Crippen LogP contribution in [0.2, 0.25) is 0 Å². The average Bonchev–Trinajstić information content (AvgIpc) is 2.37. The molecular weight excluding hydrogens is 327 g/mol. The SMILES string of the molecule is CC(C)Oc1ccc(C(=O)O)cc1NC(=O)CC(C)(C)C(F)(F)F. The Morgan fingerprint density at radius 1 is 1.25 bits per heavy atom. The maximum Gasteiger partial charge on any atom is 0.394 e. The van der Waals surface area contributed by atoms with Crippen molar-refractivity contribution in [2.24, 2.45) is 5.41 Å². The molecule has 0 aromatic heterocycles. The number of amides is 1. The lowest BCUT2D eigenvalue weighted by Gasteiger charge is -2.27. The second kappa shape index (κ2) is 7.11. The van der Waals surface area contributed by atoms with Crippen molar-refractivity contribution in [3.05, 3.63) is 23.8 Å². The van der Waals surface area contributed by atoms with Gasteiger partial charge in [0.05, 0.1) is 22.8 Å². The molecule has 0 saturated carbocycles. The van der Waals surface area contributed by atoms with Crippen LogP contribution in [0, 0.1) is 5.41 Å². The number of halogens is 3. The van der Waals surface area contributed by atoms with Crippen molar-refractivity contribution in [2.45, 2.75) is 46.4 Å². The highest BCUT2D eigenvalue weighted by Crippen LogP contribution is 2.40. The Balaban J connectivity index is 3.05. The average molecular weight is 347 g/mol. The van der Waals surface area contributed by atoms with Gasteiger partial charge in [0, 0.05) is 6.42 Å². The van der Waals surface area contributed by atoms with E-state index in [9.17, 15) is 22.8 Å². The smallest absolute Gasteiger partial charge is 0.394 e. The van der Waals surface area contributed by atoms with Gasteiger partial charge in [-0.15, -0.1) is 0 Å². The summed E-state index contributed by atoms with van der Waals surface area (Å²) in [5, 5.41) is 11.3. The van der Waals surface area contributed by atoms with E-state index in [0.717, 1.165) is 19.9 Å². The minimum Gasteiger partial charge on any atom is -0.489 e. The van der Waals surface area contributed by atoms with Crippen LogP contribution in [-0.2, 0) is 4.79 Å². The molecule has 0 fully saturated rings. The Morgan fingerprint density at radius 2 is 1.83 bits per heavy atom. The minimum absolute atomic E-state index is 0.0200. The molecule has 8 heteroatoms. The molecule has 0 spiro atoms. The third kappa shape index (κ3) is 5.14. The maximum atomic E-state index is 12.9. The summed E-state index contributed by atoms with van der Waals surface area (Å²) < 4.78 is 44.1. The standard InChI is InChI=1S/C16H20F3NO4/c1-9(2)24-12-6-5-10(14(22)23)7-11(12)20-13(21)8-15(3,4)16(17,18)19/h5-7,9H,8H2,1-4H3,(H,20,21)(H,22,23). The van der Waals surface area contributed by atoms with Gasteiger partial charge in [-0.05, 0) is 32.0 Å². The van der Waals surface area contributed by atoms with Crippen molar-refractivity contribution < 1.29 is 32.6 Å². The number of carboxylic acid groups (broad SMARTS) is 1. The number of benzene rings is 1. The van der Waals surface area contributed by atoms with Crippen LogP contribution in [-0.4, -0.2) is 29.3 Å². The lowest BCUT2D eigenvalue weighted by atomic mass is 9.88. The summed E-state index contributed by atoms with van der Waals surface area (Å²) in [7, 11) is 0. The van der Waals surface area contributed by atoms with Crippen molar-refractivity contribution in [1.29, 1.82) is 0 Å². The van der Waals surface area contributed by atoms with Crippen molar-refractivity contribution >= 4 is 17.6 Å². The molecule has 1 amide bonds. The minimum atomic E-state index is -4.54. The first-order chi connectivity index (χ1) is 10.8. The second-order valence-corrected chi connectivity index (χ2v) is 6.29. The van der Waals surface area contributed by atoms with Crippen LogP contribution in [0.5, 0.6) is 5.75 Å². The Kier molecular flexibility index (Phi) is 5.86. The quantitative estimate of drug-likeness (QED) is 0.813. The molecule has 0 radical (unpaired) electrons. The maximum absolute atomic E-state index is 12.9. The van der Waals surface area contributed by atoms with Gasteiger partial charge in [0.2, 0.25) is 5.91 Å². The summed E-state index contributed by atoms with van der Waals surface area (Å²) >= 11 is 0.